The van der Waals surface area contributed by atoms with Gasteiger partial charge in [0.1, 0.15) is 18.5 Å². The maximum atomic E-state index is 11.6. The Morgan fingerprint density at radius 1 is 0.889 bits per heavy atom. The predicted octanol–water partition coefficient (Wildman–Crippen LogP) is 8.45. The molecule has 0 bridgehead atoms. The highest BCUT2D eigenvalue weighted by Gasteiger charge is 2.45. The number of ether oxygens (including phenoxy) is 4. The fourth-order valence-electron chi connectivity index (χ4n) is 7.24. The van der Waals surface area contributed by atoms with Crippen molar-refractivity contribution in [2.24, 2.45) is 0 Å². The van der Waals surface area contributed by atoms with Crippen LogP contribution in [-0.2, 0) is 31.3 Å². The van der Waals surface area contributed by atoms with Gasteiger partial charge in [0.05, 0.1) is 37.7 Å². The molecule has 0 radical (unpaired) electrons. The second-order valence-corrected chi connectivity index (χ2v) is 15.4. The van der Waals surface area contributed by atoms with E-state index in [0.29, 0.717) is 35.4 Å². The van der Waals surface area contributed by atoms with Crippen molar-refractivity contribution in [1.82, 2.24) is 19.4 Å². The van der Waals surface area contributed by atoms with Gasteiger partial charge in [-0.15, -0.1) is 0 Å². The molecule has 0 aliphatic carbocycles. The number of aromatic nitrogens is 2. The molecule has 3 aromatic rings. The molecule has 12 heteroatoms. The number of halogens is 2. The van der Waals surface area contributed by atoms with Gasteiger partial charge in [0, 0.05) is 74.9 Å². The van der Waals surface area contributed by atoms with Crippen molar-refractivity contribution >= 4 is 34.8 Å². The first-order valence-electron chi connectivity index (χ1n) is 20.1. The van der Waals surface area contributed by atoms with E-state index in [4.69, 9.17) is 42.1 Å². The summed E-state index contributed by atoms with van der Waals surface area (Å²) in [6.07, 6.45) is 19.3. The zero-order valence-electron chi connectivity index (χ0n) is 32.4. The average molecular weight is 787 g/mol. The standard InChI is InChI=1S/C26H28Cl2N4O4.C16H33NO/c1-19(33)31-10-12-32(13-11-31)21-3-5-22(6-4-21)34-15-23-16-35-26(36-23,17-30-9-8-29-18-30)24-7-2-20(27)14-25(24)28;1-2-3-4-5-6-7-8-9-10-11-12-17-13-15-18-16-14-17/h2-9,14,18,23H,10-13,15-17H2,1H3;2-16H2,1H3/t23-,26-;/m0./s1. The number of carbonyl (C=O) groups excluding carboxylic acids is 1. The summed E-state index contributed by atoms with van der Waals surface area (Å²) in [5, 5.41) is 1.02. The quantitative estimate of drug-likeness (QED) is 0.119. The molecule has 1 aromatic heterocycles. The number of imidazole rings is 1. The number of rotatable bonds is 18. The molecule has 3 saturated heterocycles. The smallest absolute Gasteiger partial charge is 0.219 e. The first kappa shape index (κ1) is 42.3. The van der Waals surface area contributed by atoms with Crippen LogP contribution in [0.5, 0.6) is 5.75 Å². The van der Waals surface area contributed by atoms with Crippen molar-refractivity contribution in [2.75, 3.05) is 77.1 Å². The van der Waals surface area contributed by atoms with Gasteiger partial charge in [-0.1, -0.05) is 94.0 Å². The van der Waals surface area contributed by atoms with Crippen LogP contribution in [0.15, 0.2) is 61.2 Å². The average Bonchev–Trinajstić information content (AvgIpc) is 3.86. The van der Waals surface area contributed by atoms with Gasteiger partial charge in [0.25, 0.3) is 0 Å². The van der Waals surface area contributed by atoms with E-state index in [1.165, 1.54) is 70.8 Å². The summed E-state index contributed by atoms with van der Waals surface area (Å²) in [5.41, 5.74) is 1.82. The highest BCUT2D eigenvalue weighted by molar-refractivity contribution is 6.35. The molecule has 54 heavy (non-hydrogen) atoms. The van der Waals surface area contributed by atoms with E-state index in [9.17, 15) is 4.79 Å². The van der Waals surface area contributed by atoms with Crippen LogP contribution < -0.4 is 9.64 Å². The van der Waals surface area contributed by atoms with E-state index < -0.39 is 5.79 Å². The normalized spacial score (nSPS) is 20.5. The van der Waals surface area contributed by atoms with Gasteiger partial charge in [0.2, 0.25) is 11.7 Å². The third-order valence-electron chi connectivity index (χ3n) is 10.4. The second kappa shape index (κ2) is 22.6. The number of anilines is 1. The zero-order valence-corrected chi connectivity index (χ0v) is 34.0. The highest BCUT2D eigenvalue weighted by Crippen LogP contribution is 2.40. The maximum absolute atomic E-state index is 11.6. The minimum atomic E-state index is -1.08. The lowest BCUT2D eigenvalue weighted by Gasteiger charge is -2.35. The van der Waals surface area contributed by atoms with Crippen LogP contribution in [0.25, 0.3) is 0 Å². The zero-order chi connectivity index (χ0) is 38.0. The van der Waals surface area contributed by atoms with E-state index in [1.807, 2.05) is 46.0 Å². The molecule has 0 N–H and O–H groups in total. The molecular weight excluding hydrogens is 725 g/mol. The Bertz CT molecular complexity index is 1500. The number of amides is 1. The third-order valence-corrected chi connectivity index (χ3v) is 11.0. The van der Waals surface area contributed by atoms with Crippen LogP contribution in [0.3, 0.4) is 0 Å². The molecule has 298 valence electrons. The van der Waals surface area contributed by atoms with Crippen molar-refractivity contribution in [3.05, 3.63) is 76.8 Å². The summed E-state index contributed by atoms with van der Waals surface area (Å²) >= 11 is 12.7. The molecule has 2 aromatic carbocycles. The number of piperazine rings is 1. The topological polar surface area (TPSA) is 81.5 Å². The monoisotopic (exact) mass is 785 g/mol. The lowest BCUT2D eigenvalue weighted by atomic mass is 10.1. The van der Waals surface area contributed by atoms with Crippen LogP contribution >= 0.6 is 23.2 Å². The Morgan fingerprint density at radius 3 is 2.20 bits per heavy atom. The largest absolute Gasteiger partial charge is 0.491 e. The Hall–Kier alpha value is -2.86. The summed E-state index contributed by atoms with van der Waals surface area (Å²) in [6, 6.07) is 13.3. The van der Waals surface area contributed by atoms with Gasteiger partial charge in [-0.25, -0.2) is 4.98 Å². The number of nitrogens with zero attached hydrogens (tertiary/aromatic N) is 5. The maximum Gasteiger partial charge on any atom is 0.219 e. The second-order valence-electron chi connectivity index (χ2n) is 14.6. The molecular formula is C42H61Cl2N5O5. The molecule has 3 aliphatic rings. The summed E-state index contributed by atoms with van der Waals surface area (Å²) in [4.78, 5) is 22.4. The molecule has 3 fully saturated rings. The predicted molar refractivity (Wildman–Crippen MR) is 217 cm³/mol. The van der Waals surface area contributed by atoms with E-state index in [2.05, 4.69) is 21.7 Å². The summed E-state index contributed by atoms with van der Waals surface area (Å²) < 4.78 is 26.0. The molecule has 3 aliphatic heterocycles. The molecule has 2 atom stereocenters. The highest BCUT2D eigenvalue weighted by atomic mass is 35.5. The molecule has 4 heterocycles. The fourth-order valence-corrected chi connectivity index (χ4v) is 7.80. The van der Waals surface area contributed by atoms with Crippen molar-refractivity contribution in [3.8, 4) is 5.75 Å². The number of hydrogen-bond acceptors (Lipinski definition) is 8. The molecule has 0 unspecified atom stereocenters. The van der Waals surface area contributed by atoms with Crippen LogP contribution in [0.1, 0.15) is 83.6 Å². The van der Waals surface area contributed by atoms with E-state index in [1.54, 1.807) is 31.6 Å². The van der Waals surface area contributed by atoms with Gasteiger partial charge in [-0.05, 0) is 49.4 Å². The lowest BCUT2D eigenvalue weighted by molar-refractivity contribution is -0.189. The van der Waals surface area contributed by atoms with Crippen LogP contribution in [0.4, 0.5) is 5.69 Å². The van der Waals surface area contributed by atoms with E-state index in [0.717, 1.165) is 63.9 Å². The third kappa shape index (κ3) is 13.4. The first-order chi connectivity index (χ1) is 26.3. The van der Waals surface area contributed by atoms with Gasteiger partial charge in [-0.2, -0.15) is 0 Å². The van der Waals surface area contributed by atoms with Crippen molar-refractivity contribution in [1.29, 1.82) is 0 Å². The van der Waals surface area contributed by atoms with Crippen molar-refractivity contribution < 1.29 is 23.7 Å². The molecule has 6 rings (SSSR count). The Balaban J connectivity index is 0.000000263. The lowest BCUT2D eigenvalue weighted by Crippen LogP contribution is -2.48. The van der Waals surface area contributed by atoms with Gasteiger partial charge in [-0.3, -0.25) is 9.69 Å². The van der Waals surface area contributed by atoms with E-state index in [-0.39, 0.29) is 12.0 Å². The Kier molecular flexibility index (Phi) is 17.7. The molecule has 1 amide bonds. The summed E-state index contributed by atoms with van der Waals surface area (Å²) in [6.45, 7) is 13.6. The Labute approximate surface area is 333 Å². The van der Waals surface area contributed by atoms with Gasteiger partial charge in [0.15, 0.2) is 0 Å². The number of unbranched alkanes of at least 4 members (excludes halogenated alkanes) is 9. The first-order valence-corrected chi connectivity index (χ1v) is 20.9. The minimum absolute atomic E-state index is 0.129. The summed E-state index contributed by atoms with van der Waals surface area (Å²) in [7, 11) is 0. The van der Waals surface area contributed by atoms with Crippen LogP contribution in [0, 0.1) is 0 Å². The Morgan fingerprint density at radius 2 is 1.57 bits per heavy atom. The van der Waals surface area contributed by atoms with Gasteiger partial charge >= 0.3 is 0 Å². The molecule has 0 spiro atoms. The number of benzene rings is 2. The van der Waals surface area contributed by atoms with Crippen molar-refractivity contribution in [3.63, 3.8) is 0 Å². The van der Waals surface area contributed by atoms with Crippen molar-refractivity contribution in [2.45, 2.75) is 96.5 Å². The van der Waals surface area contributed by atoms with E-state index >= 15 is 0 Å². The number of carbonyl (C=O) groups is 1. The molecule has 0 saturated carbocycles. The van der Waals surface area contributed by atoms with Gasteiger partial charge < -0.3 is 33.3 Å². The SMILES string of the molecule is CC(=O)N1CCN(c2ccc(OC[C@H]3CO[C@](Cn4ccnc4)(c4ccc(Cl)cc4Cl)O3)cc2)CC1.CCCCCCCCCCCCN1CCOCC1. The number of morpholine rings is 1. The summed E-state index contributed by atoms with van der Waals surface area (Å²) in [5.74, 6) is -0.201. The van der Waals surface area contributed by atoms with Crippen LogP contribution in [0.2, 0.25) is 10.0 Å². The fraction of sp³-hybridized carbons (Fsp3) is 0.619. The number of hydrogen-bond donors (Lipinski definition) is 0. The molecule has 10 nitrogen and oxygen atoms in total. The minimum Gasteiger partial charge on any atom is -0.491 e. The van der Waals surface area contributed by atoms with Crippen LogP contribution in [-0.4, -0.2) is 104 Å².